The van der Waals surface area contributed by atoms with Crippen LogP contribution in [0, 0.1) is 5.82 Å². The highest BCUT2D eigenvalue weighted by atomic mass is 19.1. The first-order valence-electron chi connectivity index (χ1n) is 8.10. The van der Waals surface area contributed by atoms with Gasteiger partial charge in [0.05, 0.1) is 23.9 Å². The van der Waals surface area contributed by atoms with Gasteiger partial charge in [0.15, 0.2) is 5.82 Å². The van der Waals surface area contributed by atoms with E-state index in [2.05, 4.69) is 15.3 Å². The Morgan fingerprint density at radius 3 is 2.84 bits per heavy atom. The molecule has 0 spiro atoms. The number of fused-ring (bicyclic) bond motifs is 1. The van der Waals surface area contributed by atoms with E-state index < -0.39 is 0 Å². The number of methoxy groups -OCH3 is 1. The lowest BCUT2D eigenvalue weighted by Crippen LogP contribution is -2.09. The summed E-state index contributed by atoms with van der Waals surface area (Å²) >= 11 is 0. The average Bonchev–Trinajstić information content (AvgIpc) is 2.99. The van der Waals surface area contributed by atoms with E-state index in [0.29, 0.717) is 30.4 Å². The molecule has 2 aromatic heterocycles. The van der Waals surface area contributed by atoms with Crippen LogP contribution in [0.3, 0.4) is 0 Å². The number of aromatic nitrogens is 3. The zero-order valence-corrected chi connectivity index (χ0v) is 14.5. The van der Waals surface area contributed by atoms with Gasteiger partial charge in [-0.3, -0.25) is 0 Å². The Bertz CT molecular complexity index is 863. The van der Waals surface area contributed by atoms with Crippen molar-refractivity contribution in [3.8, 4) is 5.75 Å². The number of ether oxygens (including phenoxy) is 2. The number of hydrogen-bond donors (Lipinski definition) is 1. The molecule has 0 atom stereocenters. The van der Waals surface area contributed by atoms with Gasteiger partial charge in [0.2, 0.25) is 0 Å². The summed E-state index contributed by atoms with van der Waals surface area (Å²) in [5.41, 5.74) is 2.33. The zero-order valence-electron chi connectivity index (χ0n) is 14.5. The van der Waals surface area contributed by atoms with E-state index in [1.807, 2.05) is 30.7 Å². The van der Waals surface area contributed by atoms with Crippen molar-refractivity contribution >= 4 is 22.5 Å². The van der Waals surface area contributed by atoms with Crippen LogP contribution >= 0.6 is 0 Å². The van der Waals surface area contributed by atoms with Crippen LogP contribution < -0.4 is 10.1 Å². The quantitative estimate of drug-likeness (QED) is 0.707. The van der Waals surface area contributed by atoms with Gasteiger partial charge in [-0.2, -0.15) is 0 Å². The van der Waals surface area contributed by atoms with Crippen LogP contribution in [0.1, 0.15) is 13.8 Å². The highest BCUT2D eigenvalue weighted by Crippen LogP contribution is 2.31. The Kier molecular flexibility index (Phi) is 5.14. The number of nitrogens with one attached hydrogen (secondary N) is 1. The molecule has 0 saturated carbocycles. The molecule has 3 rings (SSSR count). The molecular formula is C18H21FN4O2. The van der Waals surface area contributed by atoms with Crippen molar-refractivity contribution < 1.29 is 13.9 Å². The molecule has 0 amide bonds. The van der Waals surface area contributed by atoms with Crippen molar-refractivity contribution in [2.24, 2.45) is 0 Å². The number of benzene rings is 1. The standard InChI is InChI=1S/C18H21FN4O2/c1-12(2)25-16-10-13(19)4-5-14(16)22-18-17-15(20-11-21-18)6-7-23(17)8-9-24-3/h4-7,10-12H,8-9H2,1-3H3,(H,20,21,22). The Hall–Kier alpha value is -2.67. The highest BCUT2D eigenvalue weighted by molar-refractivity contribution is 5.88. The maximum Gasteiger partial charge on any atom is 0.158 e. The molecular weight excluding hydrogens is 323 g/mol. The Balaban J connectivity index is 1.99. The molecule has 0 unspecified atom stereocenters. The molecule has 7 heteroatoms. The van der Waals surface area contributed by atoms with Crippen LogP contribution in [0.5, 0.6) is 5.75 Å². The summed E-state index contributed by atoms with van der Waals surface area (Å²) in [5.74, 6) is 0.723. The van der Waals surface area contributed by atoms with E-state index in [1.54, 1.807) is 13.2 Å². The van der Waals surface area contributed by atoms with E-state index in [1.165, 1.54) is 18.5 Å². The van der Waals surface area contributed by atoms with E-state index in [4.69, 9.17) is 9.47 Å². The van der Waals surface area contributed by atoms with E-state index >= 15 is 0 Å². The normalized spacial score (nSPS) is 11.2. The van der Waals surface area contributed by atoms with Crippen molar-refractivity contribution in [2.45, 2.75) is 26.5 Å². The van der Waals surface area contributed by atoms with Gasteiger partial charge < -0.3 is 19.4 Å². The third kappa shape index (κ3) is 3.88. The number of hydrogen-bond acceptors (Lipinski definition) is 5. The predicted octanol–water partition coefficient (Wildman–Crippen LogP) is 3.75. The van der Waals surface area contributed by atoms with Crippen LogP contribution in [0.25, 0.3) is 11.0 Å². The third-order valence-corrected chi connectivity index (χ3v) is 3.65. The summed E-state index contributed by atoms with van der Waals surface area (Å²) in [6, 6.07) is 6.32. The molecule has 132 valence electrons. The lowest BCUT2D eigenvalue weighted by molar-refractivity contribution is 0.188. The molecule has 25 heavy (non-hydrogen) atoms. The SMILES string of the molecule is COCCn1ccc2ncnc(Nc3ccc(F)cc3OC(C)C)c21. The van der Waals surface area contributed by atoms with E-state index in [0.717, 1.165) is 11.0 Å². The summed E-state index contributed by atoms with van der Waals surface area (Å²) < 4.78 is 26.5. The summed E-state index contributed by atoms with van der Waals surface area (Å²) in [4.78, 5) is 8.65. The van der Waals surface area contributed by atoms with Crippen LogP contribution in [-0.2, 0) is 11.3 Å². The maximum atomic E-state index is 13.6. The number of rotatable bonds is 7. The summed E-state index contributed by atoms with van der Waals surface area (Å²) in [6.07, 6.45) is 3.37. The van der Waals surface area contributed by atoms with Crippen molar-refractivity contribution in [3.05, 3.63) is 42.6 Å². The molecule has 0 saturated heterocycles. The molecule has 0 aliphatic heterocycles. The van der Waals surface area contributed by atoms with Crippen molar-refractivity contribution in [1.82, 2.24) is 14.5 Å². The fourth-order valence-corrected chi connectivity index (χ4v) is 2.58. The largest absolute Gasteiger partial charge is 0.489 e. The Morgan fingerprint density at radius 1 is 1.24 bits per heavy atom. The van der Waals surface area contributed by atoms with Gasteiger partial charge >= 0.3 is 0 Å². The molecule has 2 heterocycles. The Morgan fingerprint density at radius 2 is 2.08 bits per heavy atom. The highest BCUT2D eigenvalue weighted by Gasteiger charge is 2.13. The minimum Gasteiger partial charge on any atom is -0.489 e. The van der Waals surface area contributed by atoms with E-state index in [9.17, 15) is 4.39 Å². The second kappa shape index (κ2) is 7.48. The fourth-order valence-electron chi connectivity index (χ4n) is 2.58. The average molecular weight is 344 g/mol. The van der Waals surface area contributed by atoms with Gasteiger partial charge in [-0.25, -0.2) is 14.4 Å². The van der Waals surface area contributed by atoms with Crippen LogP contribution in [0.15, 0.2) is 36.8 Å². The summed E-state index contributed by atoms with van der Waals surface area (Å²) in [6.45, 7) is 5.05. The number of halogens is 1. The molecule has 0 radical (unpaired) electrons. The molecule has 0 aliphatic carbocycles. The molecule has 6 nitrogen and oxygen atoms in total. The predicted molar refractivity (Wildman–Crippen MR) is 94.9 cm³/mol. The van der Waals surface area contributed by atoms with Gasteiger partial charge in [-0.1, -0.05) is 0 Å². The maximum absolute atomic E-state index is 13.6. The summed E-state index contributed by atoms with van der Waals surface area (Å²) in [5, 5.41) is 3.25. The molecule has 1 aromatic carbocycles. The van der Waals surface area contributed by atoms with Crippen LogP contribution in [0.4, 0.5) is 15.9 Å². The number of anilines is 2. The first-order valence-corrected chi connectivity index (χ1v) is 8.10. The third-order valence-electron chi connectivity index (χ3n) is 3.65. The minimum absolute atomic E-state index is 0.0710. The first-order chi connectivity index (χ1) is 12.1. The molecule has 0 bridgehead atoms. The monoisotopic (exact) mass is 344 g/mol. The van der Waals surface area contributed by atoms with Gasteiger partial charge in [0.1, 0.15) is 23.4 Å². The zero-order chi connectivity index (χ0) is 17.8. The molecule has 0 aliphatic rings. The smallest absolute Gasteiger partial charge is 0.158 e. The van der Waals surface area contributed by atoms with Gasteiger partial charge in [-0.05, 0) is 32.0 Å². The van der Waals surface area contributed by atoms with Crippen molar-refractivity contribution in [1.29, 1.82) is 0 Å². The van der Waals surface area contributed by atoms with Gasteiger partial charge in [-0.15, -0.1) is 0 Å². The molecule has 0 fully saturated rings. The van der Waals surface area contributed by atoms with Gasteiger partial charge in [0, 0.05) is 25.9 Å². The van der Waals surface area contributed by atoms with Crippen LogP contribution in [0.2, 0.25) is 0 Å². The Labute approximate surface area is 145 Å². The fraction of sp³-hybridized carbons (Fsp3) is 0.333. The van der Waals surface area contributed by atoms with Crippen molar-refractivity contribution in [3.63, 3.8) is 0 Å². The van der Waals surface area contributed by atoms with Crippen LogP contribution in [-0.4, -0.2) is 34.4 Å². The molecule has 3 aromatic rings. The topological polar surface area (TPSA) is 61.2 Å². The molecule has 1 N–H and O–H groups in total. The van der Waals surface area contributed by atoms with Crippen molar-refractivity contribution in [2.75, 3.05) is 19.0 Å². The minimum atomic E-state index is -0.350. The van der Waals surface area contributed by atoms with Gasteiger partial charge in [0.25, 0.3) is 0 Å². The lowest BCUT2D eigenvalue weighted by Gasteiger charge is -2.16. The lowest BCUT2D eigenvalue weighted by atomic mass is 10.2. The second-order valence-corrected chi connectivity index (χ2v) is 5.89. The van der Waals surface area contributed by atoms with E-state index in [-0.39, 0.29) is 11.9 Å². The summed E-state index contributed by atoms with van der Waals surface area (Å²) in [7, 11) is 1.66. The second-order valence-electron chi connectivity index (χ2n) is 5.89. The first kappa shape index (κ1) is 17.2. The number of nitrogens with zero attached hydrogens (tertiary/aromatic N) is 3.